The Hall–Kier alpha value is -2.37. The molecule has 0 radical (unpaired) electrons. The van der Waals surface area contributed by atoms with Crippen LogP contribution in [0.25, 0.3) is 11.1 Å². The van der Waals surface area contributed by atoms with Gasteiger partial charge in [0.2, 0.25) is 0 Å². The SMILES string of the molecule is O=C(NCCC1OCCO1)OCC1c2ccccc2-c2ccccc21. The molecule has 2 aromatic rings. The number of ether oxygens (including phenoxy) is 3. The minimum absolute atomic E-state index is 0.0830. The first-order valence-corrected chi connectivity index (χ1v) is 8.65. The largest absolute Gasteiger partial charge is 0.449 e. The van der Waals surface area contributed by atoms with Gasteiger partial charge in [-0.05, 0) is 22.3 Å². The Labute approximate surface area is 146 Å². The molecule has 1 fully saturated rings. The molecule has 4 rings (SSSR count). The van der Waals surface area contributed by atoms with Crippen molar-refractivity contribution < 1.29 is 19.0 Å². The quantitative estimate of drug-likeness (QED) is 0.908. The number of benzene rings is 2. The topological polar surface area (TPSA) is 56.8 Å². The van der Waals surface area contributed by atoms with Gasteiger partial charge in [0.1, 0.15) is 6.61 Å². The number of hydrogen-bond donors (Lipinski definition) is 1. The summed E-state index contributed by atoms with van der Waals surface area (Å²) in [4.78, 5) is 12.0. The number of nitrogens with one attached hydrogen (secondary N) is 1. The Bertz CT molecular complexity index is 709. The summed E-state index contributed by atoms with van der Waals surface area (Å²) in [5.74, 6) is 0.0830. The molecule has 25 heavy (non-hydrogen) atoms. The molecular formula is C20H21NO4. The fourth-order valence-electron chi connectivity index (χ4n) is 3.52. The maximum atomic E-state index is 12.0. The van der Waals surface area contributed by atoms with Gasteiger partial charge in [0.25, 0.3) is 0 Å². The van der Waals surface area contributed by atoms with Gasteiger partial charge >= 0.3 is 6.09 Å². The molecule has 1 heterocycles. The van der Waals surface area contributed by atoms with Crippen LogP contribution >= 0.6 is 0 Å². The summed E-state index contributed by atoms with van der Waals surface area (Å²) in [6.07, 6.45) is 0.0123. The van der Waals surface area contributed by atoms with Crippen molar-refractivity contribution >= 4 is 6.09 Å². The number of amides is 1. The Kier molecular flexibility index (Phi) is 4.68. The van der Waals surface area contributed by atoms with Gasteiger partial charge in [-0.1, -0.05) is 48.5 Å². The zero-order chi connectivity index (χ0) is 17.1. The first-order valence-electron chi connectivity index (χ1n) is 8.65. The molecule has 5 nitrogen and oxygen atoms in total. The van der Waals surface area contributed by atoms with E-state index in [4.69, 9.17) is 14.2 Å². The summed E-state index contributed by atoms with van der Waals surface area (Å²) in [5, 5.41) is 2.76. The summed E-state index contributed by atoms with van der Waals surface area (Å²) >= 11 is 0. The average molecular weight is 339 g/mol. The van der Waals surface area contributed by atoms with Crippen LogP contribution in [0.4, 0.5) is 4.79 Å². The highest BCUT2D eigenvalue weighted by atomic mass is 16.7. The van der Waals surface area contributed by atoms with Crippen molar-refractivity contribution in [1.82, 2.24) is 5.32 Å². The van der Waals surface area contributed by atoms with E-state index >= 15 is 0 Å². The maximum Gasteiger partial charge on any atom is 0.407 e. The van der Waals surface area contributed by atoms with Gasteiger partial charge < -0.3 is 19.5 Å². The van der Waals surface area contributed by atoms with Gasteiger partial charge in [0.15, 0.2) is 6.29 Å². The molecular weight excluding hydrogens is 318 g/mol. The Balaban J connectivity index is 1.35. The van der Waals surface area contributed by atoms with E-state index < -0.39 is 6.09 Å². The van der Waals surface area contributed by atoms with E-state index in [-0.39, 0.29) is 12.2 Å². The van der Waals surface area contributed by atoms with Crippen LogP contribution in [0.1, 0.15) is 23.5 Å². The summed E-state index contributed by atoms with van der Waals surface area (Å²) in [6, 6.07) is 16.6. The van der Waals surface area contributed by atoms with Gasteiger partial charge in [-0.15, -0.1) is 0 Å². The van der Waals surface area contributed by atoms with Gasteiger partial charge in [0, 0.05) is 18.9 Å². The molecule has 1 amide bonds. The van der Waals surface area contributed by atoms with Crippen molar-refractivity contribution in [2.24, 2.45) is 0 Å². The number of hydrogen-bond acceptors (Lipinski definition) is 4. The van der Waals surface area contributed by atoms with E-state index in [0.29, 0.717) is 32.8 Å². The molecule has 1 aliphatic carbocycles. The highest BCUT2D eigenvalue weighted by Crippen LogP contribution is 2.44. The Morgan fingerprint density at radius 3 is 2.24 bits per heavy atom. The molecule has 1 N–H and O–H groups in total. The lowest BCUT2D eigenvalue weighted by molar-refractivity contribution is -0.0457. The molecule has 2 aromatic carbocycles. The van der Waals surface area contributed by atoms with Gasteiger partial charge in [-0.3, -0.25) is 0 Å². The number of rotatable bonds is 5. The molecule has 0 unspecified atom stereocenters. The third-order valence-electron chi connectivity index (χ3n) is 4.68. The number of carbonyl (C=O) groups excluding carboxylic acids is 1. The number of fused-ring (bicyclic) bond motifs is 3. The fourth-order valence-corrected chi connectivity index (χ4v) is 3.52. The smallest absolute Gasteiger partial charge is 0.407 e. The minimum atomic E-state index is -0.403. The van der Waals surface area contributed by atoms with E-state index in [2.05, 4.69) is 29.6 Å². The van der Waals surface area contributed by atoms with E-state index in [0.717, 1.165) is 0 Å². The summed E-state index contributed by atoms with van der Waals surface area (Å²) in [7, 11) is 0. The van der Waals surface area contributed by atoms with Crippen LogP contribution in [0.2, 0.25) is 0 Å². The summed E-state index contributed by atoms with van der Waals surface area (Å²) in [5.41, 5.74) is 4.87. The number of carbonyl (C=O) groups is 1. The first kappa shape index (κ1) is 16.1. The molecule has 130 valence electrons. The van der Waals surface area contributed by atoms with Gasteiger partial charge in [0.05, 0.1) is 13.2 Å². The lowest BCUT2D eigenvalue weighted by Gasteiger charge is -2.15. The zero-order valence-electron chi connectivity index (χ0n) is 13.9. The van der Waals surface area contributed by atoms with E-state index in [1.54, 1.807) is 0 Å². The van der Waals surface area contributed by atoms with Crippen molar-refractivity contribution in [3.63, 3.8) is 0 Å². The molecule has 0 atom stereocenters. The predicted octanol–water partition coefficient (Wildman–Crippen LogP) is 3.29. The van der Waals surface area contributed by atoms with Crippen molar-refractivity contribution in [3.8, 4) is 11.1 Å². The van der Waals surface area contributed by atoms with E-state index in [9.17, 15) is 4.79 Å². The third kappa shape index (κ3) is 3.38. The van der Waals surface area contributed by atoms with E-state index in [1.807, 2.05) is 24.3 Å². The van der Waals surface area contributed by atoms with Crippen molar-refractivity contribution in [2.45, 2.75) is 18.6 Å². The van der Waals surface area contributed by atoms with Crippen molar-refractivity contribution in [2.75, 3.05) is 26.4 Å². The molecule has 5 heteroatoms. The second-order valence-corrected chi connectivity index (χ2v) is 6.21. The van der Waals surface area contributed by atoms with Crippen LogP contribution in [0, 0.1) is 0 Å². The molecule has 0 aromatic heterocycles. The zero-order valence-corrected chi connectivity index (χ0v) is 13.9. The number of alkyl carbamates (subject to hydrolysis) is 1. The first-order chi connectivity index (χ1) is 12.3. The average Bonchev–Trinajstić information content (AvgIpc) is 3.26. The van der Waals surface area contributed by atoms with Gasteiger partial charge in [-0.25, -0.2) is 4.79 Å². The Morgan fingerprint density at radius 1 is 1.00 bits per heavy atom. The maximum absolute atomic E-state index is 12.0. The minimum Gasteiger partial charge on any atom is -0.449 e. The van der Waals surface area contributed by atoms with Crippen LogP contribution in [0.3, 0.4) is 0 Å². The molecule has 0 bridgehead atoms. The summed E-state index contributed by atoms with van der Waals surface area (Å²) in [6.45, 7) is 2.04. The lowest BCUT2D eigenvalue weighted by atomic mass is 9.98. The van der Waals surface area contributed by atoms with Crippen molar-refractivity contribution in [3.05, 3.63) is 59.7 Å². The third-order valence-corrected chi connectivity index (χ3v) is 4.68. The molecule has 0 saturated carbocycles. The van der Waals surface area contributed by atoms with Crippen molar-refractivity contribution in [1.29, 1.82) is 0 Å². The van der Waals surface area contributed by atoms with Crippen LogP contribution in [-0.2, 0) is 14.2 Å². The predicted molar refractivity (Wildman–Crippen MR) is 93.4 cm³/mol. The summed E-state index contributed by atoms with van der Waals surface area (Å²) < 4.78 is 16.2. The highest BCUT2D eigenvalue weighted by Gasteiger charge is 2.29. The second-order valence-electron chi connectivity index (χ2n) is 6.21. The monoisotopic (exact) mass is 339 g/mol. The van der Waals surface area contributed by atoms with Crippen LogP contribution in [0.15, 0.2) is 48.5 Å². The van der Waals surface area contributed by atoms with Crippen LogP contribution in [-0.4, -0.2) is 38.7 Å². The fraction of sp³-hybridized carbons (Fsp3) is 0.350. The molecule has 1 aliphatic heterocycles. The molecule has 1 saturated heterocycles. The van der Waals surface area contributed by atoms with Gasteiger partial charge in [-0.2, -0.15) is 0 Å². The van der Waals surface area contributed by atoms with E-state index in [1.165, 1.54) is 22.3 Å². The van der Waals surface area contributed by atoms with Crippen LogP contribution < -0.4 is 5.32 Å². The molecule has 2 aliphatic rings. The normalized spacial score (nSPS) is 16.5. The Morgan fingerprint density at radius 2 is 1.60 bits per heavy atom. The van der Waals surface area contributed by atoms with Crippen LogP contribution in [0.5, 0.6) is 0 Å². The molecule has 0 spiro atoms. The lowest BCUT2D eigenvalue weighted by Crippen LogP contribution is -2.29. The highest BCUT2D eigenvalue weighted by molar-refractivity contribution is 5.79. The second kappa shape index (κ2) is 7.25. The standard InChI is InChI=1S/C20H21NO4/c22-20(21-10-9-19-23-11-12-24-19)25-13-18-16-7-3-1-5-14(16)15-6-2-4-8-17(15)18/h1-8,18-19H,9-13H2,(H,21,22).